The van der Waals surface area contributed by atoms with E-state index >= 15 is 0 Å². The van der Waals surface area contributed by atoms with Gasteiger partial charge in [0.25, 0.3) is 0 Å². The van der Waals surface area contributed by atoms with Crippen LogP contribution < -0.4 is 5.69 Å². The summed E-state index contributed by atoms with van der Waals surface area (Å²) in [5, 5.41) is 19.1. The number of alkyl halides is 1. The molecule has 0 aromatic carbocycles. The van der Waals surface area contributed by atoms with Gasteiger partial charge in [0.2, 0.25) is 5.60 Å². The fourth-order valence-electron chi connectivity index (χ4n) is 1.96. The molecule has 108 valence electrons. The van der Waals surface area contributed by atoms with Crippen LogP contribution in [0.1, 0.15) is 6.23 Å². The Hall–Kier alpha value is -1.60. The smallest absolute Gasteiger partial charge is 0.328 e. The van der Waals surface area contributed by atoms with Crippen LogP contribution in [-0.4, -0.2) is 44.2 Å². The van der Waals surface area contributed by atoms with E-state index in [0.29, 0.717) is 10.8 Å². The zero-order chi connectivity index (χ0) is 15.1. The van der Waals surface area contributed by atoms with E-state index in [1.165, 1.54) is 0 Å². The van der Waals surface area contributed by atoms with E-state index in [2.05, 4.69) is 12.2 Å². The van der Waals surface area contributed by atoms with Gasteiger partial charge in [-0.2, -0.15) is 0 Å². The number of aromatic amines is 1. The number of ether oxygens (including phenoxy) is 1. The lowest BCUT2D eigenvalue weighted by Gasteiger charge is -2.25. The molecule has 1 unspecified atom stereocenters. The Bertz CT molecular complexity index is 682. The van der Waals surface area contributed by atoms with Crippen LogP contribution in [0.3, 0.4) is 0 Å². The van der Waals surface area contributed by atoms with Gasteiger partial charge in [-0.15, -0.1) is 6.42 Å². The second-order valence-electron chi connectivity index (χ2n) is 4.22. The third kappa shape index (κ3) is 2.06. The molecule has 6 nitrogen and oxygen atoms in total. The molecule has 0 radical (unpaired) electrons. The molecular weight excluding hydrogens is 294 g/mol. The summed E-state index contributed by atoms with van der Waals surface area (Å²) in [7, 11) is 0. The van der Waals surface area contributed by atoms with Crippen molar-refractivity contribution in [3.63, 3.8) is 0 Å². The van der Waals surface area contributed by atoms with Crippen molar-refractivity contribution in [3.8, 4) is 12.3 Å². The molecule has 2 heterocycles. The largest absolute Gasteiger partial charge is 0.394 e. The van der Waals surface area contributed by atoms with Crippen molar-refractivity contribution in [1.29, 1.82) is 0 Å². The molecule has 0 saturated carbocycles. The topological polar surface area (TPSA) is 87.5 Å². The number of aliphatic hydroxyl groups is 2. The first-order valence-electron chi connectivity index (χ1n) is 5.46. The number of H-pyrrole nitrogens is 1. The van der Waals surface area contributed by atoms with Gasteiger partial charge in [-0.3, -0.25) is 9.55 Å². The predicted octanol–water partition coefficient (Wildman–Crippen LogP) is -0.363. The molecule has 20 heavy (non-hydrogen) atoms. The Labute approximate surface area is 116 Å². The van der Waals surface area contributed by atoms with Gasteiger partial charge in [0.05, 0.1) is 12.8 Å². The first-order valence-corrected chi connectivity index (χ1v) is 5.87. The highest BCUT2D eigenvalue weighted by molar-refractivity contribution is 7.71. The van der Waals surface area contributed by atoms with Crippen LogP contribution in [0, 0.1) is 22.8 Å². The second-order valence-corrected chi connectivity index (χ2v) is 4.63. The summed E-state index contributed by atoms with van der Waals surface area (Å²) in [4.78, 5) is 13.7. The van der Waals surface area contributed by atoms with Crippen LogP contribution in [0.15, 0.2) is 11.0 Å². The zero-order valence-corrected chi connectivity index (χ0v) is 10.7. The normalized spacial score (nSPS) is 33.0. The Morgan fingerprint density at radius 1 is 1.70 bits per heavy atom. The van der Waals surface area contributed by atoms with Gasteiger partial charge in [-0.25, -0.2) is 13.6 Å². The van der Waals surface area contributed by atoms with Crippen LogP contribution in [0.4, 0.5) is 8.78 Å². The van der Waals surface area contributed by atoms with Crippen LogP contribution in [0.5, 0.6) is 0 Å². The predicted molar refractivity (Wildman–Crippen MR) is 65.5 cm³/mol. The van der Waals surface area contributed by atoms with Gasteiger partial charge in [-0.1, -0.05) is 18.1 Å². The highest BCUT2D eigenvalue weighted by atomic mass is 32.1. The Kier molecular flexibility index (Phi) is 3.75. The number of terminal acetylenes is 1. The highest BCUT2D eigenvalue weighted by Crippen LogP contribution is 2.39. The van der Waals surface area contributed by atoms with Crippen LogP contribution in [-0.2, 0) is 4.74 Å². The number of nitrogens with zero attached hydrogens (tertiary/aromatic N) is 1. The second kappa shape index (κ2) is 5.06. The molecule has 0 bridgehead atoms. The molecule has 0 aliphatic carbocycles. The zero-order valence-electron chi connectivity index (χ0n) is 9.92. The van der Waals surface area contributed by atoms with Crippen molar-refractivity contribution in [2.75, 3.05) is 6.61 Å². The minimum atomic E-state index is -2.51. The van der Waals surface area contributed by atoms with E-state index < -0.39 is 46.9 Å². The lowest BCUT2D eigenvalue weighted by molar-refractivity contribution is -0.0753. The van der Waals surface area contributed by atoms with Crippen LogP contribution in [0.2, 0.25) is 0 Å². The van der Waals surface area contributed by atoms with Crippen LogP contribution >= 0.6 is 12.2 Å². The highest BCUT2D eigenvalue weighted by Gasteiger charge is 2.57. The molecule has 1 saturated heterocycles. The van der Waals surface area contributed by atoms with Crippen LogP contribution in [0.25, 0.3) is 0 Å². The van der Waals surface area contributed by atoms with Crippen molar-refractivity contribution < 1.29 is 23.7 Å². The van der Waals surface area contributed by atoms with Gasteiger partial charge >= 0.3 is 5.69 Å². The monoisotopic (exact) mass is 304 g/mol. The van der Waals surface area contributed by atoms with Crippen molar-refractivity contribution >= 4 is 12.2 Å². The maximum absolute atomic E-state index is 14.0. The molecule has 1 aromatic heterocycles. The quantitative estimate of drug-likeness (QED) is 0.513. The lowest BCUT2D eigenvalue weighted by Crippen LogP contribution is -2.45. The van der Waals surface area contributed by atoms with E-state index in [9.17, 15) is 18.7 Å². The lowest BCUT2D eigenvalue weighted by atomic mass is 9.96. The number of hydrogen-bond donors (Lipinski definition) is 3. The van der Waals surface area contributed by atoms with E-state index in [1.54, 1.807) is 5.92 Å². The number of aliphatic hydroxyl groups excluding tert-OH is 1. The summed E-state index contributed by atoms with van der Waals surface area (Å²) in [5.41, 5.74) is -3.44. The minimum Gasteiger partial charge on any atom is -0.394 e. The third-order valence-corrected chi connectivity index (χ3v) is 3.31. The van der Waals surface area contributed by atoms with Gasteiger partial charge < -0.3 is 14.9 Å². The molecule has 0 amide bonds. The SMILES string of the molecule is C#C[C@@]1(O)C(F)[C@@H](CO)O[C@H]1n1cc(F)c(=S)[nH]c1=O. The van der Waals surface area contributed by atoms with Crippen molar-refractivity contribution in [3.05, 3.63) is 27.1 Å². The fourth-order valence-corrected chi connectivity index (χ4v) is 2.10. The molecule has 2 rings (SSSR count). The summed E-state index contributed by atoms with van der Waals surface area (Å²) in [6, 6.07) is 0. The van der Waals surface area contributed by atoms with E-state index in [1.807, 2.05) is 4.98 Å². The summed E-state index contributed by atoms with van der Waals surface area (Å²) >= 11 is 4.53. The minimum absolute atomic E-state index is 0.441. The van der Waals surface area contributed by atoms with Gasteiger partial charge in [0.1, 0.15) is 10.7 Å². The summed E-state index contributed by atoms with van der Waals surface area (Å²) in [5.74, 6) is 0.819. The van der Waals surface area contributed by atoms with Crippen molar-refractivity contribution in [2.45, 2.75) is 24.1 Å². The van der Waals surface area contributed by atoms with E-state index in [0.717, 1.165) is 0 Å². The number of halogens is 2. The molecule has 0 spiro atoms. The first-order chi connectivity index (χ1) is 9.35. The molecule has 1 aliphatic rings. The Balaban J connectivity index is 2.58. The average molecular weight is 304 g/mol. The summed E-state index contributed by atoms with van der Waals surface area (Å²) in [6.07, 6.45) is 0.477. The Morgan fingerprint density at radius 2 is 2.35 bits per heavy atom. The summed E-state index contributed by atoms with van der Waals surface area (Å²) < 4.78 is 32.5. The van der Waals surface area contributed by atoms with Gasteiger partial charge in [0.15, 0.2) is 18.2 Å². The van der Waals surface area contributed by atoms with Gasteiger partial charge in [-0.05, 0) is 0 Å². The molecule has 4 atom stereocenters. The maximum Gasteiger partial charge on any atom is 0.328 e. The van der Waals surface area contributed by atoms with Crippen molar-refractivity contribution in [1.82, 2.24) is 9.55 Å². The molecule has 1 aromatic rings. The number of aromatic nitrogens is 2. The van der Waals surface area contributed by atoms with E-state index in [-0.39, 0.29) is 0 Å². The van der Waals surface area contributed by atoms with Gasteiger partial charge in [0, 0.05) is 0 Å². The molecule has 3 N–H and O–H groups in total. The average Bonchev–Trinajstić information content (AvgIpc) is 2.67. The molecule has 9 heteroatoms. The fraction of sp³-hybridized carbons (Fsp3) is 0.455. The number of nitrogens with one attached hydrogen (secondary N) is 1. The number of hydrogen-bond acceptors (Lipinski definition) is 5. The standard InChI is InChI=1S/C11H10F2N2O4S/c1-2-11(18)7(13)6(4-16)19-9(11)15-3-5(12)8(20)14-10(15)17/h1,3,6-7,9,16,18H,4H2,(H,14,17,20)/t6-,7?,9-,11-/m1/s1. The number of rotatable bonds is 2. The Morgan fingerprint density at radius 3 is 2.90 bits per heavy atom. The maximum atomic E-state index is 14.0. The summed E-state index contributed by atoms with van der Waals surface area (Å²) in [6.45, 7) is -0.762. The first kappa shape index (κ1) is 14.8. The van der Waals surface area contributed by atoms with E-state index in [4.69, 9.17) is 16.3 Å². The molecular formula is C11H10F2N2O4S. The van der Waals surface area contributed by atoms with Crippen molar-refractivity contribution in [2.24, 2.45) is 0 Å². The molecule has 1 fully saturated rings. The third-order valence-electron chi connectivity index (χ3n) is 3.02. The molecule has 1 aliphatic heterocycles.